The molecule has 0 saturated carbocycles. The van der Waals surface area contributed by atoms with E-state index in [-0.39, 0.29) is 18.4 Å². The summed E-state index contributed by atoms with van der Waals surface area (Å²) < 4.78 is 5.55. The molecule has 0 unspecified atom stereocenters. The minimum Gasteiger partial charge on any atom is -0.484 e. The molecule has 0 radical (unpaired) electrons. The molecular formula is C18H26N2O3. The minimum absolute atomic E-state index is 0.0791. The zero-order valence-corrected chi connectivity index (χ0v) is 14.1. The maximum atomic E-state index is 12.0. The summed E-state index contributed by atoms with van der Waals surface area (Å²) in [5.74, 6) is 0.763. The number of amides is 2. The first-order valence-corrected chi connectivity index (χ1v) is 8.28. The van der Waals surface area contributed by atoms with Gasteiger partial charge in [-0.15, -0.1) is 0 Å². The number of ether oxygens (including phenoxy) is 1. The molecule has 1 heterocycles. The Hall–Kier alpha value is -2.04. The van der Waals surface area contributed by atoms with Gasteiger partial charge in [-0.25, -0.2) is 0 Å². The van der Waals surface area contributed by atoms with E-state index in [9.17, 15) is 9.59 Å². The molecule has 1 aliphatic heterocycles. The second-order valence-corrected chi connectivity index (χ2v) is 6.37. The van der Waals surface area contributed by atoms with E-state index in [1.807, 2.05) is 25.1 Å². The van der Waals surface area contributed by atoms with Crippen molar-refractivity contribution in [1.29, 1.82) is 0 Å². The molecule has 1 atom stereocenters. The number of rotatable bonds is 5. The van der Waals surface area contributed by atoms with Crippen molar-refractivity contribution in [2.45, 2.75) is 52.0 Å². The van der Waals surface area contributed by atoms with Gasteiger partial charge in [0, 0.05) is 6.54 Å². The maximum absolute atomic E-state index is 12.0. The third-order valence-corrected chi connectivity index (χ3v) is 4.10. The van der Waals surface area contributed by atoms with Gasteiger partial charge < -0.3 is 15.4 Å². The molecule has 0 aromatic heterocycles. The SMILES string of the molecule is Cc1cc(OCC(=O)N[C@@H]2CCCCNC2=O)ccc1C(C)C. The van der Waals surface area contributed by atoms with Crippen LogP contribution in [0.5, 0.6) is 5.75 Å². The van der Waals surface area contributed by atoms with Crippen LogP contribution in [0.4, 0.5) is 0 Å². The van der Waals surface area contributed by atoms with E-state index in [0.717, 1.165) is 18.4 Å². The van der Waals surface area contributed by atoms with Crippen LogP contribution in [0.1, 0.15) is 50.2 Å². The standard InChI is InChI=1S/C18H26N2O3/c1-12(2)15-8-7-14(10-13(15)3)23-11-17(21)20-16-6-4-5-9-19-18(16)22/h7-8,10,12,16H,4-6,9,11H2,1-3H3,(H,19,22)(H,20,21)/t16-/m1/s1. The molecule has 0 aliphatic carbocycles. The van der Waals surface area contributed by atoms with Crippen molar-refractivity contribution < 1.29 is 14.3 Å². The highest BCUT2D eigenvalue weighted by Gasteiger charge is 2.22. The fourth-order valence-corrected chi connectivity index (χ4v) is 2.85. The van der Waals surface area contributed by atoms with E-state index in [2.05, 4.69) is 24.5 Å². The molecule has 23 heavy (non-hydrogen) atoms. The number of hydrogen-bond donors (Lipinski definition) is 2. The van der Waals surface area contributed by atoms with Gasteiger partial charge in [-0.1, -0.05) is 19.9 Å². The molecule has 0 spiro atoms. The van der Waals surface area contributed by atoms with Crippen molar-refractivity contribution in [2.24, 2.45) is 0 Å². The predicted molar refractivity (Wildman–Crippen MR) is 89.6 cm³/mol. The van der Waals surface area contributed by atoms with E-state index in [4.69, 9.17) is 4.74 Å². The van der Waals surface area contributed by atoms with Gasteiger partial charge in [0.1, 0.15) is 11.8 Å². The first-order valence-electron chi connectivity index (χ1n) is 8.28. The van der Waals surface area contributed by atoms with Crippen molar-refractivity contribution in [3.8, 4) is 5.75 Å². The van der Waals surface area contributed by atoms with Crippen LogP contribution in [-0.2, 0) is 9.59 Å². The topological polar surface area (TPSA) is 67.4 Å². The molecule has 5 heteroatoms. The summed E-state index contributed by atoms with van der Waals surface area (Å²) in [6.07, 6.45) is 2.57. The van der Waals surface area contributed by atoms with E-state index in [1.54, 1.807) is 0 Å². The lowest BCUT2D eigenvalue weighted by Crippen LogP contribution is -2.46. The summed E-state index contributed by atoms with van der Waals surface area (Å²) in [4.78, 5) is 23.8. The number of carbonyl (C=O) groups is 2. The second-order valence-electron chi connectivity index (χ2n) is 6.37. The van der Waals surface area contributed by atoms with E-state index < -0.39 is 6.04 Å². The van der Waals surface area contributed by atoms with E-state index in [1.165, 1.54) is 5.56 Å². The lowest BCUT2D eigenvalue weighted by Gasteiger charge is -2.16. The first-order chi connectivity index (χ1) is 11.0. The largest absolute Gasteiger partial charge is 0.484 e. The Morgan fingerprint density at radius 3 is 2.87 bits per heavy atom. The lowest BCUT2D eigenvalue weighted by molar-refractivity contribution is -0.129. The van der Waals surface area contributed by atoms with Crippen molar-refractivity contribution in [3.63, 3.8) is 0 Å². The van der Waals surface area contributed by atoms with Crippen LogP contribution in [0.25, 0.3) is 0 Å². The molecule has 5 nitrogen and oxygen atoms in total. The van der Waals surface area contributed by atoms with Crippen molar-refractivity contribution >= 4 is 11.8 Å². The molecule has 1 saturated heterocycles. The molecule has 1 fully saturated rings. The third-order valence-electron chi connectivity index (χ3n) is 4.10. The summed E-state index contributed by atoms with van der Waals surface area (Å²) in [5, 5.41) is 5.55. The number of carbonyl (C=O) groups excluding carboxylic acids is 2. The quantitative estimate of drug-likeness (QED) is 0.875. The minimum atomic E-state index is -0.446. The molecule has 2 rings (SSSR count). The summed E-state index contributed by atoms with van der Waals surface area (Å²) in [6.45, 7) is 6.94. The number of nitrogens with one attached hydrogen (secondary N) is 2. The van der Waals surface area contributed by atoms with Crippen LogP contribution in [-0.4, -0.2) is 31.0 Å². The molecular weight excluding hydrogens is 292 g/mol. The molecule has 1 aromatic carbocycles. The number of hydrogen-bond acceptors (Lipinski definition) is 3. The summed E-state index contributed by atoms with van der Waals surface area (Å²) in [5.41, 5.74) is 2.43. The second kappa shape index (κ2) is 7.99. The van der Waals surface area contributed by atoms with Crippen LogP contribution in [0.3, 0.4) is 0 Å². The summed E-state index contributed by atoms with van der Waals surface area (Å²) >= 11 is 0. The molecule has 126 valence electrons. The molecule has 2 amide bonds. The van der Waals surface area contributed by atoms with Gasteiger partial charge in [0.2, 0.25) is 5.91 Å². The van der Waals surface area contributed by atoms with Crippen LogP contribution in [0.2, 0.25) is 0 Å². The third kappa shape index (κ3) is 4.98. The highest BCUT2D eigenvalue weighted by atomic mass is 16.5. The van der Waals surface area contributed by atoms with Crippen LogP contribution in [0.15, 0.2) is 18.2 Å². The maximum Gasteiger partial charge on any atom is 0.258 e. The molecule has 0 bridgehead atoms. The van der Waals surface area contributed by atoms with Gasteiger partial charge in [0.25, 0.3) is 5.91 Å². The van der Waals surface area contributed by atoms with Crippen molar-refractivity contribution in [1.82, 2.24) is 10.6 Å². The van der Waals surface area contributed by atoms with Gasteiger partial charge in [-0.05, 0) is 55.4 Å². The van der Waals surface area contributed by atoms with Gasteiger partial charge in [0.15, 0.2) is 6.61 Å². The molecule has 2 N–H and O–H groups in total. The average Bonchev–Trinajstić information content (AvgIpc) is 2.70. The van der Waals surface area contributed by atoms with Gasteiger partial charge in [-0.2, -0.15) is 0 Å². The summed E-state index contributed by atoms with van der Waals surface area (Å²) in [6, 6.07) is 5.42. The van der Waals surface area contributed by atoms with Gasteiger partial charge in [-0.3, -0.25) is 9.59 Å². The fourth-order valence-electron chi connectivity index (χ4n) is 2.85. The smallest absolute Gasteiger partial charge is 0.258 e. The number of aryl methyl sites for hydroxylation is 1. The van der Waals surface area contributed by atoms with Gasteiger partial charge >= 0.3 is 0 Å². The normalized spacial score (nSPS) is 18.3. The highest BCUT2D eigenvalue weighted by molar-refractivity contribution is 5.88. The van der Waals surface area contributed by atoms with E-state index >= 15 is 0 Å². The summed E-state index contributed by atoms with van der Waals surface area (Å²) in [7, 11) is 0. The Balaban J connectivity index is 1.86. The monoisotopic (exact) mass is 318 g/mol. The molecule has 1 aliphatic rings. The predicted octanol–water partition coefficient (Wildman–Crippen LogP) is 2.28. The Morgan fingerprint density at radius 1 is 1.39 bits per heavy atom. The highest BCUT2D eigenvalue weighted by Crippen LogP contribution is 2.23. The van der Waals surface area contributed by atoms with Crippen LogP contribution >= 0.6 is 0 Å². The Bertz CT molecular complexity index is 569. The van der Waals surface area contributed by atoms with Crippen LogP contribution < -0.4 is 15.4 Å². The van der Waals surface area contributed by atoms with Crippen molar-refractivity contribution in [3.05, 3.63) is 29.3 Å². The zero-order valence-electron chi connectivity index (χ0n) is 14.1. The lowest BCUT2D eigenvalue weighted by atomic mass is 9.98. The first kappa shape index (κ1) is 17.3. The van der Waals surface area contributed by atoms with Crippen molar-refractivity contribution in [2.75, 3.05) is 13.2 Å². The molecule has 1 aromatic rings. The number of benzene rings is 1. The zero-order chi connectivity index (χ0) is 16.8. The Labute approximate surface area is 137 Å². The fraction of sp³-hybridized carbons (Fsp3) is 0.556. The Morgan fingerprint density at radius 2 is 2.17 bits per heavy atom. The Kier molecular flexibility index (Phi) is 6.02. The average molecular weight is 318 g/mol. The van der Waals surface area contributed by atoms with Gasteiger partial charge in [0.05, 0.1) is 0 Å². The van der Waals surface area contributed by atoms with Crippen LogP contribution in [0, 0.1) is 6.92 Å². The van der Waals surface area contributed by atoms with E-state index in [0.29, 0.717) is 24.6 Å².